The van der Waals surface area contributed by atoms with Crippen LogP contribution < -0.4 is 5.73 Å². The maximum absolute atomic E-state index is 13.1. The normalized spacial score (nSPS) is 10.9. The monoisotopic (exact) mass is 258 g/mol. The molecule has 0 amide bonds. The molecule has 2 aromatic rings. The van der Waals surface area contributed by atoms with Crippen molar-refractivity contribution in [1.29, 1.82) is 0 Å². The fourth-order valence-electron chi connectivity index (χ4n) is 2.09. The van der Waals surface area contributed by atoms with E-state index >= 15 is 0 Å². The van der Waals surface area contributed by atoms with Gasteiger partial charge in [0.25, 0.3) is 0 Å². The van der Waals surface area contributed by atoms with Gasteiger partial charge in [0.15, 0.2) is 0 Å². The largest absolute Gasteiger partial charge is 0.399 e. The Kier molecular flexibility index (Phi) is 4.53. The Hall–Kier alpha value is -1.87. The predicted molar refractivity (Wildman–Crippen MR) is 77.3 cm³/mol. The zero-order valence-electron chi connectivity index (χ0n) is 11.1. The lowest BCUT2D eigenvalue weighted by molar-refractivity contribution is 0.331. The molecule has 0 saturated carbocycles. The molecule has 2 aromatic carbocycles. The van der Waals surface area contributed by atoms with Crippen LogP contribution in [0, 0.1) is 5.82 Å². The minimum absolute atomic E-state index is 0.170. The van der Waals surface area contributed by atoms with Gasteiger partial charge in [-0.05, 0) is 48.9 Å². The van der Waals surface area contributed by atoms with E-state index in [0.29, 0.717) is 0 Å². The molecule has 100 valence electrons. The molecule has 0 fully saturated rings. The third-order valence-corrected chi connectivity index (χ3v) is 3.07. The van der Waals surface area contributed by atoms with Gasteiger partial charge >= 0.3 is 0 Å². The summed E-state index contributed by atoms with van der Waals surface area (Å²) < 4.78 is 13.1. The van der Waals surface area contributed by atoms with E-state index in [1.807, 2.05) is 24.3 Å². The molecule has 0 spiro atoms. The second kappa shape index (κ2) is 6.34. The standard InChI is InChI=1S/C16H19FN2/c1-19(12-14-5-3-7-16(18)11-14)9-8-13-4-2-6-15(17)10-13/h2-7,10-11H,8-9,12,18H2,1H3. The number of hydrogen-bond acceptors (Lipinski definition) is 2. The molecule has 0 bridgehead atoms. The Morgan fingerprint density at radius 2 is 1.79 bits per heavy atom. The van der Waals surface area contributed by atoms with Crippen LogP contribution in [0.15, 0.2) is 48.5 Å². The summed E-state index contributed by atoms with van der Waals surface area (Å²) in [4.78, 5) is 2.21. The summed E-state index contributed by atoms with van der Waals surface area (Å²) >= 11 is 0. The predicted octanol–water partition coefficient (Wildman–Crippen LogP) is 3.08. The molecule has 0 radical (unpaired) electrons. The second-order valence-electron chi connectivity index (χ2n) is 4.86. The van der Waals surface area contributed by atoms with Crippen LogP contribution >= 0.6 is 0 Å². The van der Waals surface area contributed by atoms with Gasteiger partial charge in [0.2, 0.25) is 0 Å². The van der Waals surface area contributed by atoms with Gasteiger partial charge in [-0.3, -0.25) is 0 Å². The van der Waals surface area contributed by atoms with Crippen molar-refractivity contribution in [1.82, 2.24) is 4.90 Å². The van der Waals surface area contributed by atoms with E-state index in [0.717, 1.165) is 30.8 Å². The van der Waals surface area contributed by atoms with Crippen LogP contribution in [-0.4, -0.2) is 18.5 Å². The van der Waals surface area contributed by atoms with Gasteiger partial charge in [-0.2, -0.15) is 0 Å². The topological polar surface area (TPSA) is 29.3 Å². The lowest BCUT2D eigenvalue weighted by atomic mass is 10.1. The summed E-state index contributed by atoms with van der Waals surface area (Å²) in [6, 6.07) is 14.7. The summed E-state index contributed by atoms with van der Waals surface area (Å²) in [5.74, 6) is -0.170. The molecule has 0 aromatic heterocycles. The number of likely N-dealkylation sites (N-methyl/N-ethyl adjacent to an activating group) is 1. The molecule has 0 aliphatic carbocycles. The van der Waals surface area contributed by atoms with Crippen molar-refractivity contribution in [3.05, 3.63) is 65.5 Å². The van der Waals surface area contributed by atoms with Gasteiger partial charge in [-0.25, -0.2) is 4.39 Å². The number of rotatable bonds is 5. The summed E-state index contributed by atoms with van der Waals surface area (Å²) in [5.41, 5.74) is 8.77. The van der Waals surface area contributed by atoms with E-state index < -0.39 is 0 Å². The van der Waals surface area contributed by atoms with E-state index in [1.165, 1.54) is 11.6 Å². The second-order valence-corrected chi connectivity index (χ2v) is 4.86. The van der Waals surface area contributed by atoms with Gasteiger partial charge in [0, 0.05) is 18.8 Å². The minimum atomic E-state index is -0.170. The van der Waals surface area contributed by atoms with Crippen LogP contribution in [0.5, 0.6) is 0 Å². The first-order valence-electron chi connectivity index (χ1n) is 6.41. The minimum Gasteiger partial charge on any atom is -0.399 e. The first kappa shape index (κ1) is 13.6. The van der Waals surface area contributed by atoms with Crippen LogP contribution in [0.2, 0.25) is 0 Å². The maximum atomic E-state index is 13.1. The molecule has 0 aliphatic rings. The van der Waals surface area contributed by atoms with Crippen molar-refractivity contribution in [2.45, 2.75) is 13.0 Å². The Morgan fingerprint density at radius 3 is 2.53 bits per heavy atom. The first-order chi connectivity index (χ1) is 9.13. The number of halogens is 1. The summed E-state index contributed by atoms with van der Waals surface area (Å²) in [6.45, 7) is 1.73. The van der Waals surface area contributed by atoms with E-state index in [2.05, 4.69) is 18.0 Å². The smallest absolute Gasteiger partial charge is 0.123 e. The number of benzene rings is 2. The molecular formula is C16H19FN2. The zero-order chi connectivity index (χ0) is 13.7. The Labute approximate surface area is 113 Å². The lowest BCUT2D eigenvalue weighted by Gasteiger charge is -2.17. The highest BCUT2D eigenvalue weighted by Gasteiger charge is 2.02. The third-order valence-electron chi connectivity index (χ3n) is 3.07. The van der Waals surface area contributed by atoms with Gasteiger partial charge in [0.05, 0.1) is 0 Å². The van der Waals surface area contributed by atoms with Crippen LogP contribution in [0.3, 0.4) is 0 Å². The molecule has 2 rings (SSSR count). The molecule has 0 heterocycles. The number of anilines is 1. The van der Waals surface area contributed by atoms with Crippen LogP contribution in [0.4, 0.5) is 10.1 Å². The fourth-order valence-corrected chi connectivity index (χ4v) is 2.09. The summed E-state index contributed by atoms with van der Waals surface area (Å²) in [6.07, 6.45) is 0.844. The number of nitrogens with zero attached hydrogens (tertiary/aromatic N) is 1. The van der Waals surface area contributed by atoms with Crippen LogP contribution in [0.1, 0.15) is 11.1 Å². The summed E-state index contributed by atoms with van der Waals surface area (Å²) in [7, 11) is 2.06. The van der Waals surface area contributed by atoms with Gasteiger partial charge in [-0.1, -0.05) is 24.3 Å². The maximum Gasteiger partial charge on any atom is 0.123 e. The fraction of sp³-hybridized carbons (Fsp3) is 0.250. The van der Waals surface area contributed by atoms with Crippen molar-refractivity contribution in [3.63, 3.8) is 0 Å². The molecule has 19 heavy (non-hydrogen) atoms. The van der Waals surface area contributed by atoms with Gasteiger partial charge in [0.1, 0.15) is 5.82 Å². The molecule has 2 N–H and O–H groups in total. The number of hydrogen-bond donors (Lipinski definition) is 1. The average Bonchev–Trinajstić information content (AvgIpc) is 2.36. The SMILES string of the molecule is CN(CCc1cccc(F)c1)Cc1cccc(N)c1. The lowest BCUT2D eigenvalue weighted by Crippen LogP contribution is -2.20. The molecule has 2 nitrogen and oxygen atoms in total. The highest BCUT2D eigenvalue weighted by molar-refractivity contribution is 5.40. The Morgan fingerprint density at radius 1 is 1.05 bits per heavy atom. The van der Waals surface area contributed by atoms with Crippen molar-refractivity contribution in [3.8, 4) is 0 Å². The van der Waals surface area contributed by atoms with Crippen molar-refractivity contribution >= 4 is 5.69 Å². The van der Waals surface area contributed by atoms with Crippen LogP contribution in [0.25, 0.3) is 0 Å². The number of nitrogen functional groups attached to an aromatic ring is 1. The summed E-state index contributed by atoms with van der Waals surface area (Å²) in [5, 5.41) is 0. The zero-order valence-corrected chi connectivity index (χ0v) is 11.1. The highest BCUT2D eigenvalue weighted by Crippen LogP contribution is 2.10. The average molecular weight is 258 g/mol. The molecule has 0 unspecified atom stereocenters. The number of nitrogens with two attached hydrogens (primary N) is 1. The first-order valence-corrected chi connectivity index (χ1v) is 6.41. The Bertz CT molecular complexity index is 540. The van der Waals surface area contributed by atoms with E-state index in [1.54, 1.807) is 12.1 Å². The third kappa shape index (κ3) is 4.38. The molecule has 0 atom stereocenters. The quantitative estimate of drug-likeness (QED) is 0.835. The molecule has 0 saturated heterocycles. The van der Waals surface area contributed by atoms with Crippen molar-refractivity contribution in [2.24, 2.45) is 0 Å². The van der Waals surface area contributed by atoms with Crippen molar-refractivity contribution in [2.75, 3.05) is 19.3 Å². The Balaban J connectivity index is 1.86. The van der Waals surface area contributed by atoms with Crippen molar-refractivity contribution < 1.29 is 4.39 Å². The van der Waals surface area contributed by atoms with E-state index in [4.69, 9.17) is 5.73 Å². The van der Waals surface area contributed by atoms with E-state index in [-0.39, 0.29) is 5.82 Å². The van der Waals surface area contributed by atoms with E-state index in [9.17, 15) is 4.39 Å². The molecule has 0 aliphatic heterocycles. The van der Waals surface area contributed by atoms with Gasteiger partial charge < -0.3 is 10.6 Å². The van der Waals surface area contributed by atoms with Gasteiger partial charge in [-0.15, -0.1) is 0 Å². The molecular weight excluding hydrogens is 239 g/mol. The highest BCUT2D eigenvalue weighted by atomic mass is 19.1. The molecule has 3 heteroatoms. The van der Waals surface area contributed by atoms with Crippen LogP contribution in [-0.2, 0) is 13.0 Å².